The molecule has 7 N–H and O–H groups in total. The van der Waals surface area contributed by atoms with E-state index in [1.54, 1.807) is 0 Å². The second kappa shape index (κ2) is 35.6. The number of halogens is 2. The van der Waals surface area contributed by atoms with Gasteiger partial charge in [0.2, 0.25) is 0 Å². The number of amides is 1. The second-order valence-electron chi connectivity index (χ2n) is 6.93. The number of rotatable bonds is 16. The van der Waals surface area contributed by atoms with Crippen LogP contribution in [0.1, 0.15) is 57.8 Å². The summed E-state index contributed by atoms with van der Waals surface area (Å²) < 4.78 is 17.9. The molecule has 14 heteroatoms. The molecule has 1 heterocycles. The fourth-order valence-corrected chi connectivity index (χ4v) is 2.29. The molecule has 0 aromatic rings. The molecule has 12 nitrogen and oxygen atoms in total. The first-order valence-electron chi connectivity index (χ1n) is 12.0. The van der Waals surface area contributed by atoms with E-state index in [1.807, 2.05) is 0 Å². The fourth-order valence-electron chi connectivity index (χ4n) is 2.29. The number of hydrogen-bond donors (Lipinski definition) is 5. The number of carbonyl (C=O) groups is 3. The van der Waals surface area contributed by atoms with Crippen LogP contribution in [0.3, 0.4) is 0 Å². The fraction of sp³-hybridized carbons (Fsp3) is 0.864. The summed E-state index contributed by atoms with van der Waals surface area (Å²) in [5, 5.41) is 19.7. The number of nitrogens with one attached hydrogen (secondary N) is 1. The maximum atomic E-state index is 11.1. The van der Waals surface area contributed by atoms with E-state index in [0.29, 0.717) is 26.2 Å². The SMILES string of the molecule is ClCCl.NCCCCCN.O=C(CCCCCCCNC(=O)OCCO)OCCO.O=C1OCCO1. The minimum absolute atomic E-state index is 0.0121. The van der Waals surface area contributed by atoms with Crippen molar-refractivity contribution in [1.29, 1.82) is 0 Å². The molecule has 0 saturated carbocycles. The summed E-state index contributed by atoms with van der Waals surface area (Å²) >= 11 is 9.53. The molecule has 1 fully saturated rings. The molecular weight excluding hydrogens is 521 g/mol. The highest BCUT2D eigenvalue weighted by atomic mass is 35.5. The molecule has 0 bridgehead atoms. The quantitative estimate of drug-likeness (QED) is 0.0796. The molecule has 0 unspecified atom stereocenters. The molecule has 1 amide bonds. The Kier molecular flexibility index (Phi) is 38.5. The highest BCUT2D eigenvalue weighted by Gasteiger charge is 2.09. The van der Waals surface area contributed by atoms with Gasteiger partial charge in [0.05, 0.1) is 18.6 Å². The van der Waals surface area contributed by atoms with E-state index in [1.165, 1.54) is 6.42 Å². The highest BCUT2D eigenvalue weighted by Crippen LogP contribution is 2.05. The van der Waals surface area contributed by atoms with Gasteiger partial charge in [-0.15, -0.1) is 23.2 Å². The summed E-state index contributed by atoms with van der Waals surface area (Å²) in [6.07, 6.45) is 7.27. The maximum Gasteiger partial charge on any atom is 0.508 e. The number of esters is 1. The van der Waals surface area contributed by atoms with Crippen molar-refractivity contribution in [2.75, 3.05) is 64.6 Å². The van der Waals surface area contributed by atoms with E-state index >= 15 is 0 Å². The van der Waals surface area contributed by atoms with Crippen molar-refractivity contribution >= 4 is 41.4 Å². The molecule has 36 heavy (non-hydrogen) atoms. The number of aliphatic hydroxyl groups is 2. The van der Waals surface area contributed by atoms with Crippen LogP contribution in [0.25, 0.3) is 0 Å². The largest absolute Gasteiger partial charge is 0.508 e. The molecule has 1 aliphatic rings. The Morgan fingerprint density at radius 2 is 1.31 bits per heavy atom. The van der Waals surface area contributed by atoms with Crippen LogP contribution >= 0.6 is 23.2 Å². The van der Waals surface area contributed by atoms with Gasteiger partial charge in [0, 0.05) is 13.0 Å². The minimum Gasteiger partial charge on any atom is -0.463 e. The van der Waals surface area contributed by atoms with Crippen LogP contribution in [0.2, 0.25) is 0 Å². The van der Waals surface area contributed by atoms with E-state index < -0.39 is 12.2 Å². The Bertz CT molecular complexity index is 456. The Hall–Kier alpha value is -1.57. The van der Waals surface area contributed by atoms with Gasteiger partial charge in [-0.25, -0.2) is 9.59 Å². The number of alkyl halides is 2. The highest BCUT2D eigenvalue weighted by molar-refractivity contribution is 6.40. The summed E-state index contributed by atoms with van der Waals surface area (Å²) in [7, 11) is 0. The number of unbranched alkanes of at least 4 members (excludes halogenated alkanes) is 6. The topological polar surface area (TPSA) is 193 Å². The van der Waals surface area contributed by atoms with Gasteiger partial charge >= 0.3 is 18.2 Å². The van der Waals surface area contributed by atoms with Crippen molar-refractivity contribution in [3.63, 3.8) is 0 Å². The number of ether oxygens (including phenoxy) is 4. The van der Waals surface area contributed by atoms with Crippen molar-refractivity contribution in [2.45, 2.75) is 57.8 Å². The number of nitrogens with two attached hydrogens (primary N) is 2. The van der Waals surface area contributed by atoms with Gasteiger partial charge in [0.15, 0.2) is 0 Å². The lowest BCUT2D eigenvalue weighted by molar-refractivity contribution is -0.144. The van der Waals surface area contributed by atoms with Crippen LogP contribution in [0.4, 0.5) is 9.59 Å². The molecule has 0 radical (unpaired) electrons. The summed E-state index contributed by atoms with van der Waals surface area (Å²) in [6, 6.07) is 0. The Morgan fingerprint density at radius 3 is 1.78 bits per heavy atom. The van der Waals surface area contributed by atoms with Crippen molar-refractivity contribution in [3.8, 4) is 0 Å². The first kappa shape index (κ1) is 39.0. The van der Waals surface area contributed by atoms with Crippen molar-refractivity contribution < 1.29 is 43.5 Å². The van der Waals surface area contributed by atoms with E-state index in [9.17, 15) is 14.4 Å². The normalized spacial score (nSPS) is 11.2. The monoisotopic (exact) mass is 565 g/mol. The van der Waals surface area contributed by atoms with Crippen molar-refractivity contribution in [1.82, 2.24) is 5.32 Å². The summed E-state index contributed by atoms with van der Waals surface area (Å²) in [4.78, 5) is 31.9. The van der Waals surface area contributed by atoms with Crippen LogP contribution in [-0.4, -0.2) is 93.0 Å². The standard InChI is InChI=1S/C13H25NO6.C5H14N2.C3H4O3.CH2Cl2/c15-8-10-19-12(17)6-4-2-1-3-5-7-14-13(18)20-11-9-16;6-4-2-1-3-5-7;4-3-5-1-2-6-3;2-1-3/h15-16H,1-11H2,(H,14,18);1-7H2;1-2H2;1H2. The summed E-state index contributed by atoms with van der Waals surface area (Å²) in [6.45, 7) is 2.75. The number of alkyl carbamates (subject to hydrolysis) is 1. The summed E-state index contributed by atoms with van der Waals surface area (Å²) in [5.74, 6) is -0.271. The van der Waals surface area contributed by atoms with Crippen LogP contribution in [-0.2, 0) is 23.7 Å². The Morgan fingerprint density at radius 1 is 0.833 bits per heavy atom. The Labute approximate surface area is 224 Å². The average molecular weight is 567 g/mol. The predicted octanol–water partition coefficient (Wildman–Crippen LogP) is 2.23. The number of carbonyl (C=O) groups excluding carboxylic acids is 3. The summed E-state index contributed by atoms with van der Waals surface area (Å²) in [5.41, 5.74) is 10.5. The predicted molar refractivity (Wildman–Crippen MR) is 138 cm³/mol. The lowest BCUT2D eigenvalue weighted by Gasteiger charge is -2.05. The first-order valence-corrected chi connectivity index (χ1v) is 13.1. The zero-order chi connectivity index (χ0) is 27.7. The van der Waals surface area contributed by atoms with Gasteiger partial charge in [-0.3, -0.25) is 4.79 Å². The lowest BCUT2D eigenvalue weighted by atomic mass is 10.1. The molecule has 0 aromatic heterocycles. The van der Waals surface area contributed by atoms with E-state index in [0.717, 1.165) is 58.0 Å². The molecule has 0 spiro atoms. The number of aliphatic hydroxyl groups excluding tert-OH is 2. The van der Waals surface area contributed by atoms with Gasteiger partial charge in [-0.05, 0) is 38.8 Å². The van der Waals surface area contributed by atoms with Crippen LogP contribution < -0.4 is 16.8 Å². The van der Waals surface area contributed by atoms with Crippen LogP contribution in [0.15, 0.2) is 0 Å². The Balaban J connectivity index is -0.000000546. The minimum atomic E-state index is -0.546. The second-order valence-corrected chi connectivity index (χ2v) is 7.74. The number of cyclic esters (lactones) is 2. The van der Waals surface area contributed by atoms with Gasteiger partial charge in [0.1, 0.15) is 26.4 Å². The van der Waals surface area contributed by atoms with Gasteiger partial charge in [-0.1, -0.05) is 25.7 Å². The van der Waals surface area contributed by atoms with Gasteiger partial charge in [0.25, 0.3) is 0 Å². The van der Waals surface area contributed by atoms with E-state index in [2.05, 4.69) is 19.5 Å². The molecular formula is C22H45Cl2N3O9. The van der Waals surface area contributed by atoms with Crippen LogP contribution in [0.5, 0.6) is 0 Å². The van der Waals surface area contributed by atoms with Crippen molar-refractivity contribution in [3.05, 3.63) is 0 Å². The average Bonchev–Trinajstić information content (AvgIpc) is 3.35. The van der Waals surface area contributed by atoms with Gasteiger partial charge < -0.3 is 45.9 Å². The molecule has 1 rings (SSSR count). The zero-order valence-corrected chi connectivity index (χ0v) is 22.6. The smallest absolute Gasteiger partial charge is 0.463 e. The molecule has 0 aliphatic carbocycles. The third-order valence-corrected chi connectivity index (χ3v) is 3.94. The van der Waals surface area contributed by atoms with Crippen molar-refractivity contribution in [2.24, 2.45) is 11.5 Å². The lowest BCUT2D eigenvalue weighted by Crippen LogP contribution is -2.26. The number of hydrogen-bond acceptors (Lipinski definition) is 11. The third kappa shape index (κ3) is 39.6. The zero-order valence-electron chi connectivity index (χ0n) is 21.1. The third-order valence-electron chi connectivity index (χ3n) is 3.94. The molecule has 0 aromatic carbocycles. The molecule has 216 valence electrons. The van der Waals surface area contributed by atoms with E-state index in [-0.39, 0.29) is 37.7 Å². The molecule has 1 saturated heterocycles. The van der Waals surface area contributed by atoms with Crippen LogP contribution in [0, 0.1) is 0 Å². The maximum absolute atomic E-state index is 11.1. The molecule has 1 aliphatic heterocycles. The first-order chi connectivity index (χ1) is 17.4. The van der Waals surface area contributed by atoms with Gasteiger partial charge in [-0.2, -0.15) is 0 Å². The molecule has 0 atom stereocenters. The van der Waals surface area contributed by atoms with E-state index in [4.69, 9.17) is 49.6 Å².